The molecule has 0 saturated carbocycles. The Hall–Kier alpha value is -1.68. The highest BCUT2D eigenvalue weighted by Crippen LogP contribution is 2.12. The summed E-state index contributed by atoms with van der Waals surface area (Å²) in [6, 6.07) is 19.6. The Kier molecular flexibility index (Phi) is 5.74. The van der Waals surface area contributed by atoms with Gasteiger partial charge >= 0.3 is 0 Å². The van der Waals surface area contributed by atoms with Gasteiger partial charge in [-0.3, -0.25) is 0 Å². The van der Waals surface area contributed by atoms with Crippen molar-refractivity contribution in [2.45, 2.75) is 25.2 Å². The third kappa shape index (κ3) is 4.46. The van der Waals surface area contributed by atoms with Gasteiger partial charge in [-0.15, -0.1) is 0 Å². The van der Waals surface area contributed by atoms with E-state index in [-0.39, 0.29) is 6.61 Å². The quantitative estimate of drug-likeness (QED) is 0.812. The van der Waals surface area contributed by atoms with Gasteiger partial charge in [0.25, 0.3) is 0 Å². The molecule has 0 aromatic heterocycles. The smallest absolute Gasteiger partial charge is 0.103 e. The fraction of sp³-hybridized carbons (Fsp3) is 0.294. The predicted octanol–water partition coefficient (Wildman–Crippen LogP) is 2.17. The highest BCUT2D eigenvalue weighted by atomic mass is 16.5. The molecule has 0 heterocycles. The molecule has 106 valence electrons. The molecule has 2 atom stereocenters. The standard InChI is InChI=1S/C17H20O3/c18-12-16(19)17(11-14-7-3-1-4-8-14)20-13-15-9-5-2-6-10-15/h1-10,16-19H,11-13H2. The first kappa shape index (κ1) is 14.7. The minimum absolute atomic E-state index is 0.299. The average molecular weight is 272 g/mol. The molecule has 0 spiro atoms. The minimum Gasteiger partial charge on any atom is -0.394 e. The van der Waals surface area contributed by atoms with Crippen LogP contribution in [0.2, 0.25) is 0 Å². The van der Waals surface area contributed by atoms with E-state index in [2.05, 4.69) is 0 Å². The molecular weight excluding hydrogens is 252 g/mol. The van der Waals surface area contributed by atoms with Crippen LogP contribution in [-0.4, -0.2) is 29.0 Å². The fourth-order valence-corrected chi connectivity index (χ4v) is 2.05. The number of ether oxygens (including phenoxy) is 1. The summed E-state index contributed by atoms with van der Waals surface area (Å²) in [6.45, 7) is 0.127. The summed E-state index contributed by atoms with van der Waals surface area (Å²) in [6.07, 6.45) is -0.711. The summed E-state index contributed by atoms with van der Waals surface area (Å²) in [5.41, 5.74) is 2.13. The van der Waals surface area contributed by atoms with E-state index in [1.807, 2.05) is 60.7 Å². The van der Waals surface area contributed by atoms with Gasteiger partial charge in [0.2, 0.25) is 0 Å². The highest BCUT2D eigenvalue weighted by molar-refractivity contribution is 5.16. The Morgan fingerprint density at radius 2 is 1.40 bits per heavy atom. The molecule has 2 rings (SSSR count). The van der Waals surface area contributed by atoms with Crippen molar-refractivity contribution in [2.75, 3.05) is 6.61 Å². The molecule has 0 aliphatic heterocycles. The van der Waals surface area contributed by atoms with Gasteiger partial charge < -0.3 is 14.9 Å². The van der Waals surface area contributed by atoms with Gasteiger partial charge in [-0.25, -0.2) is 0 Å². The molecule has 0 fully saturated rings. The molecule has 3 nitrogen and oxygen atoms in total. The molecule has 2 unspecified atom stereocenters. The van der Waals surface area contributed by atoms with Crippen LogP contribution in [0.1, 0.15) is 11.1 Å². The van der Waals surface area contributed by atoms with Crippen LogP contribution < -0.4 is 0 Å². The number of aliphatic hydroxyl groups excluding tert-OH is 2. The lowest BCUT2D eigenvalue weighted by atomic mass is 10.0. The molecule has 0 radical (unpaired) electrons. The molecule has 2 aromatic rings. The van der Waals surface area contributed by atoms with Crippen molar-refractivity contribution >= 4 is 0 Å². The van der Waals surface area contributed by atoms with Crippen LogP contribution in [0.3, 0.4) is 0 Å². The van der Waals surface area contributed by atoms with E-state index in [1.54, 1.807) is 0 Å². The van der Waals surface area contributed by atoms with Crippen molar-refractivity contribution in [1.82, 2.24) is 0 Å². The normalized spacial score (nSPS) is 13.9. The monoisotopic (exact) mass is 272 g/mol. The molecule has 0 saturated heterocycles. The lowest BCUT2D eigenvalue weighted by Crippen LogP contribution is -2.33. The van der Waals surface area contributed by atoms with E-state index in [1.165, 1.54) is 0 Å². The third-order valence-electron chi connectivity index (χ3n) is 3.20. The number of hydrogen-bond acceptors (Lipinski definition) is 3. The zero-order valence-electron chi connectivity index (χ0n) is 11.4. The Balaban J connectivity index is 1.97. The van der Waals surface area contributed by atoms with Crippen LogP contribution in [0.5, 0.6) is 0 Å². The Labute approximate surface area is 119 Å². The maximum absolute atomic E-state index is 9.88. The molecule has 2 aromatic carbocycles. The van der Waals surface area contributed by atoms with E-state index in [4.69, 9.17) is 9.84 Å². The van der Waals surface area contributed by atoms with Crippen molar-refractivity contribution in [1.29, 1.82) is 0 Å². The van der Waals surface area contributed by atoms with Crippen LogP contribution >= 0.6 is 0 Å². The first-order chi connectivity index (χ1) is 9.79. The van der Waals surface area contributed by atoms with Crippen LogP contribution in [0, 0.1) is 0 Å². The van der Waals surface area contributed by atoms with Gasteiger partial charge in [0, 0.05) is 6.42 Å². The summed E-state index contributed by atoms with van der Waals surface area (Å²) >= 11 is 0. The van der Waals surface area contributed by atoms with Crippen molar-refractivity contribution in [3.05, 3.63) is 71.8 Å². The van der Waals surface area contributed by atoms with Gasteiger partial charge in [0.15, 0.2) is 0 Å². The van der Waals surface area contributed by atoms with Gasteiger partial charge in [0.05, 0.1) is 19.3 Å². The van der Waals surface area contributed by atoms with Crippen LogP contribution in [0.15, 0.2) is 60.7 Å². The Bertz CT molecular complexity index is 484. The van der Waals surface area contributed by atoms with Crippen LogP contribution in [-0.2, 0) is 17.8 Å². The molecule has 0 aliphatic rings. The molecule has 0 bridgehead atoms. The zero-order chi connectivity index (χ0) is 14.2. The van der Waals surface area contributed by atoms with Gasteiger partial charge in [0.1, 0.15) is 6.10 Å². The molecule has 3 heteroatoms. The predicted molar refractivity (Wildman–Crippen MR) is 78.3 cm³/mol. The Morgan fingerprint density at radius 1 is 0.850 bits per heavy atom. The van der Waals surface area contributed by atoms with Gasteiger partial charge in [-0.2, -0.15) is 0 Å². The Morgan fingerprint density at radius 3 is 1.95 bits per heavy atom. The molecule has 0 aliphatic carbocycles. The number of benzene rings is 2. The van der Waals surface area contributed by atoms with Gasteiger partial charge in [-0.05, 0) is 11.1 Å². The van der Waals surface area contributed by atoms with E-state index < -0.39 is 12.2 Å². The zero-order valence-corrected chi connectivity index (χ0v) is 11.4. The lowest BCUT2D eigenvalue weighted by Gasteiger charge is -2.22. The molecule has 2 N–H and O–H groups in total. The summed E-state index contributed by atoms with van der Waals surface area (Å²) in [4.78, 5) is 0. The third-order valence-corrected chi connectivity index (χ3v) is 3.20. The van der Waals surface area contributed by atoms with Crippen LogP contribution in [0.25, 0.3) is 0 Å². The van der Waals surface area contributed by atoms with Crippen molar-refractivity contribution in [3.8, 4) is 0 Å². The maximum atomic E-state index is 9.88. The number of hydrogen-bond donors (Lipinski definition) is 2. The summed E-state index contributed by atoms with van der Waals surface area (Å²) in [7, 11) is 0. The van der Waals surface area contributed by atoms with Crippen LogP contribution in [0.4, 0.5) is 0 Å². The van der Waals surface area contributed by atoms with E-state index in [9.17, 15) is 5.11 Å². The number of aliphatic hydroxyl groups is 2. The second-order valence-electron chi connectivity index (χ2n) is 4.77. The lowest BCUT2D eigenvalue weighted by molar-refractivity contribution is -0.0641. The minimum atomic E-state index is -0.876. The summed E-state index contributed by atoms with van der Waals surface area (Å²) in [5, 5.41) is 19.0. The maximum Gasteiger partial charge on any atom is 0.103 e. The molecular formula is C17H20O3. The van der Waals surface area contributed by atoms with E-state index in [0.29, 0.717) is 13.0 Å². The second-order valence-corrected chi connectivity index (χ2v) is 4.77. The first-order valence-electron chi connectivity index (χ1n) is 6.78. The fourth-order valence-electron chi connectivity index (χ4n) is 2.05. The van der Waals surface area contributed by atoms with Gasteiger partial charge in [-0.1, -0.05) is 60.7 Å². The average Bonchev–Trinajstić information content (AvgIpc) is 2.52. The highest BCUT2D eigenvalue weighted by Gasteiger charge is 2.19. The van der Waals surface area contributed by atoms with Crippen molar-refractivity contribution < 1.29 is 14.9 Å². The SMILES string of the molecule is OCC(O)C(Cc1ccccc1)OCc1ccccc1. The van der Waals surface area contributed by atoms with Crippen molar-refractivity contribution in [2.24, 2.45) is 0 Å². The second kappa shape index (κ2) is 7.80. The van der Waals surface area contributed by atoms with Crippen molar-refractivity contribution in [3.63, 3.8) is 0 Å². The molecule has 20 heavy (non-hydrogen) atoms. The summed E-state index contributed by atoms with van der Waals surface area (Å²) < 4.78 is 5.77. The first-order valence-corrected chi connectivity index (χ1v) is 6.78. The summed E-state index contributed by atoms with van der Waals surface area (Å²) in [5.74, 6) is 0. The largest absolute Gasteiger partial charge is 0.394 e. The topological polar surface area (TPSA) is 49.7 Å². The van der Waals surface area contributed by atoms with E-state index >= 15 is 0 Å². The molecule has 0 amide bonds. The number of rotatable bonds is 7. The van der Waals surface area contributed by atoms with E-state index in [0.717, 1.165) is 11.1 Å².